The lowest BCUT2D eigenvalue weighted by Crippen LogP contribution is -2.43. The van der Waals surface area contributed by atoms with E-state index < -0.39 is 0 Å². The lowest BCUT2D eigenvalue weighted by atomic mass is 10.1. The highest BCUT2D eigenvalue weighted by molar-refractivity contribution is 9.09. The summed E-state index contributed by atoms with van der Waals surface area (Å²) in [5, 5.41) is 0.846. The van der Waals surface area contributed by atoms with Crippen LogP contribution >= 0.6 is 15.9 Å². The number of ether oxygens (including phenoxy) is 1. The largest absolute Gasteiger partial charge is 0.478 e. The second-order valence-corrected chi connectivity index (χ2v) is 4.69. The van der Waals surface area contributed by atoms with Crippen molar-refractivity contribution in [2.45, 2.75) is 26.3 Å². The molecule has 0 saturated carbocycles. The van der Waals surface area contributed by atoms with Gasteiger partial charge in [0.05, 0.1) is 6.61 Å². The Morgan fingerprint density at radius 3 is 2.75 bits per heavy atom. The van der Waals surface area contributed by atoms with Crippen molar-refractivity contribution in [3.63, 3.8) is 0 Å². The number of rotatable bonds is 5. The van der Waals surface area contributed by atoms with E-state index in [-0.39, 0.29) is 5.54 Å². The van der Waals surface area contributed by atoms with Gasteiger partial charge in [-0.2, -0.15) is 4.98 Å². The van der Waals surface area contributed by atoms with Crippen molar-refractivity contribution >= 4 is 21.9 Å². The molecule has 0 amide bonds. The molecule has 1 aromatic rings. The van der Waals surface area contributed by atoms with Gasteiger partial charge in [0.1, 0.15) is 0 Å². The Kier molecular flexibility index (Phi) is 4.53. The van der Waals surface area contributed by atoms with E-state index in [0.717, 1.165) is 5.33 Å². The van der Waals surface area contributed by atoms with Crippen LogP contribution < -0.4 is 9.64 Å². The minimum atomic E-state index is -0.0369. The summed E-state index contributed by atoms with van der Waals surface area (Å²) in [6.07, 6.45) is 1.72. The third kappa shape index (κ3) is 3.07. The van der Waals surface area contributed by atoms with Crippen LogP contribution in [0.5, 0.6) is 5.88 Å². The molecule has 0 bridgehead atoms. The second kappa shape index (κ2) is 5.48. The maximum atomic E-state index is 5.35. The number of aromatic nitrogens is 2. The molecule has 0 radical (unpaired) electrons. The molecule has 16 heavy (non-hydrogen) atoms. The molecule has 1 heterocycles. The van der Waals surface area contributed by atoms with Crippen molar-refractivity contribution in [1.29, 1.82) is 0 Å². The predicted molar refractivity (Wildman–Crippen MR) is 69.5 cm³/mol. The van der Waals surface area contributed by atoms with E-state index >= 15 is 0 Å². The van der Waals surface area contributed by atoms with Crippen LogP contribution in [-0.2, 0) is 0 Å². The molecule has 1 rings (SSSR count). The number of nitrogens with zero attached hydrogens (tertiary/aromatic N) is 3. The summed E-state index contributed by atoms with van der Waals surface area (Å²) in [5.74, 6) is 1.29. The first-order valence-electron chi connectivity index (χ1n) is 5.27. The minimum Gasteiger partial charge on any atom is -0.478 e. The highest BCUT2D eigenvalue weighted by Gasteiger charge is 2.24. The molecule has 90 valence electrons. The summed E-state index contributed by atoms with van der Waals surface area (Å²) in [4.78, 5) is 10.6. The second-order valence-electron chi connectivity index (χ2n) is 4.13. The van der Waals surface area contributed by atoms with Gasteiger partial charge in [0.15, 0.2) is 0 Å². The Balaban J connectivity index is 2.91. The average molecular weight is 288 g/mol. The molecule has 0 unspecified atom stereocenters. The minimum absolute atomic E-state index is 0.0369. The molecule has 5 heteroatoms. The van der Waals surface area contributed by atoms with Gasteiger partial charge in [-0.15, -0.1) is 0 Å². The van der Waals surface area contributed by atoms with Gasteiger partial charge in [0.25, 0.3) is 0 Å². The van der Waals surface area contributed by atoms with Gasteiger partial charge < -0.3 is 9.64 Å². The third-order valence-electron chi connectivity index (χ3n) is 2.44. The Bertz CT molecular complexity index is 344. The summed E-state index contributed by atoms with van der Waals surface area (Å²) < 4.78 is 5.35. The normalized spacial score (nSPS) is 11.3. The zero-order valence-corrected chi connectivity index (χ0v) is 11.8. The van der Waals surface area contributed by atoms with E-state index in [1.165, 1.54) is 0 Å². The van der Waals surface area contributed by atoms with Crippen molar-refractivity contribution in [2.75, 3.05) is 23.9 Å². The zero-order chi connectivity index (χ0) is 12.2. The molecule has 4 nitrogen and oxygen atoms in total. The molecule has 1 aromatic heterocycles. The molecule has 0 aliphatic carbocycles. The zero-order valence-electron chi connectivity index (χ0n) is 10.2. The summed E-state index contributed by atoms with van der Waals surface area (Å²) in [7, 11) is 1.98. The molecule has 0 aliphatic rings. The van der Waals surface area contributed by atoms with Gasteiger partial charge in [0, 0.05) is 30.2 Å². The predicted octanol–water partition coefficient (Wildman–Crippen LogP) is 2.49. The maximum Gasteiger partial charge on any atom is 0.228 e. The van der Waals surface area contributed by atoms with E-state index in [1.807, 2.05) is 18.9 Å². The summed E-state index contributed by atoms with van der Waals surface area (Å²) in [6, 6.07) is 1.77. The van der Waals surface area contributed by atoms with Crippen LogP contribution in [0.15, 0.2) is 12.3 Å². The highest BCUT2D eigenvalue weighted by atomic mass is 79.9. The van der Waals surface area contributed by atoms with E-state index in [4.69, 9.17) is 4.74 Å². The molecular weight excluding hydrogens is 270 g/mol. The lowest BCUT2D eigenvalue weighted by molar-refractivity contribution is 0.325. The van der Waals surface area contributed by atoms with Gasteiger partial charge in [-0.25, -0.2) is 4.98 Å². The van der Waals surface area contributed by atoms with Crippen molar-refractivity contribution < 1.29 is 4.74 Å². The van der Waals surface area contributed by atoms with Crippen molar-refractivity contribution in [2.24, 2.45) is 0 Å². The standard InChI is InChI=1S/C11H18BrN3O/c1-5-16-9-6-7-13-10(14-9)15(4)11(2,3)8-12/h6-7H,5,8H2,1-4H3. The number of anilines is 1. The van der Waals surface area contributed by atoms with Crippen LogP contribution in [0, 0.1) is 0 Å². The molecule has 0 aliphatic heterocycles. The quantitative estimate of drug-likeness (QED) is 0.780. The molecule has 0 atom stereocenters. The molecule has 0 spiro atoms. The first-order valence-corrected chi connectivity index (χ1v) is 6.39. The van der Waals surface area contributed by atoms with Crippen LogP contribution in [0.4, 0.5) is 5.95 Å². The molecule has 0 saturated heterocycles. The van der Waals surface area contributed by atoms with Crippen LogP contribution in [0.2, 0.25) is 0 Å². The fourth-order valence-corrected chi connectivity index (χ4v) is 1.46. The smallest absolute Gasteiger partial charge is 0.228 e. The van der Waals surface area contributed by atoms with Crippen LogP contribution in [-0.4, -0.2) is 34.5 Å². The number of halogens is 1. The van der Waals surface area contributed by atoms with E-state index in [1.54, 1.807) is 12.3 Å². The van der Waals surface area contributed by atoms with Gasteiger partial charge >= 0.3 is 0 Å². The fourth-order valence-electron chi connectivity index (χ4n) is 1.08. The monoisotopic (exact) mass is 287 g/mol. The van der Waals surface area contributed by atoms with Crippen molar-refractivity contribution in [3.8, 4) is 5.88 Å². The SMILES string of the molecule is CCOc1ccnc(N(C)C(C)(C)CBr)n1. The van der Waals surface area contributed by atoms with Gasteiger partial charge in [-0.05, 0) is 20.8 Å². The Morgan fingerprint density at radius 1 is 1.50 bits per heavy atom. The maximum absolute atomic E-state index is 5.35. The Morgan fingerprint density at radius 2 is 2.19 bits per heavy atom. The van der Waals surface area contributed by atoms with E-state index in [9.17, 15) is 0 Å². The van der Waals surface area contributed by atoms with E-state index in [0.29, 0.717) is 18.4 Å². The average Bonchev–Trinajstić information content (AvgIpc) is 2.29. The number of hydrogen-bond acceptors (Lipinski definition) is 4. The number of hydrogen-bond donors (Lipinski definition) is 0. The first-order chi connectivity index (χ1) is 7.51. The van der Waals surface area contributed by atoms with Crippen molar-refractivity contribution in [3.05, 3.63) is 12.3 Å². The van der Waals surface area contributed by atoms with Crippen LogP contribution in [0.25, 0.3) is 0 Å². The van der Waals surface area contributed by atoms with Crippen LogP contribution in [0.1, 0.15) is 20.8 Å². The van der Waals surface area contributed by atoms with Gasteiger partial charge in [-0.3, -0.25) is 0 Å². The summed E-state index contributed by atoms with van der Waals surface area (Å²) in [6.45, 7) is 6.80. The molecular formula is C11H18BrN3O. The number of alkyl halides is 1. The van der Waals surface area contributed by atoms with Gasteiger partial charge in [-0.1, -0.05) is 15.9 Å². The van der Waals surface area contributed by atoms with Crippen LogP contribution in [0.3, 0.4) is 0 Å². The Hall–Kier alpha value is -0.840. The van der Waals surface area contributed by atoms with Gasteiger partial charge in [0.2, 0.25) is 11.8 Å². The third-order valence-corrected chi connectivity index (χ3v) is 3.82. The molecule has 0 aromatic carbocycles. The summed E-state index contributed by atoms with van der Waals surface area (Å²) >= 11 is 3.49. The Labute approximate surface area is 105 Å². The van der Waals surface area contributed by atoms with E-state index in [2.05, 4.69) is 39.7 Å². The fraction of sp³-hybridized carbons (Fsp3) is 0.636. The topological polar surface area (TPSA) is 38.2 Å². The lowest BCUT2D eigenvalue weighted by Gasteiger charge is -2.34. The molecule has 0 N–H and O–H groups in total. The van der Waals surface area contributed by atoms with Crippen molar-refractivity contribution in [1.82, 2.24) is 9.97 Å². The summed E-state index contributed by atoms with van der Waals surface area (Å²) in [5.41, 5.74) is -0.0369. The molecule has 0 fully saturated rings. The highest BCUT2D eigenvalue weighted by Crippen LogP contribution is 2.21. The first kappa shape index (κ1) is 13.2.